The molecule has 0 saturated heterocycles. The summed E-state index contributed by atoms with van der Waals surface area (Å²) in [5, 5.41) is 22.9. The number of aliphatic hydroxyl groups is 1. The van der Waals surface area contributed by atoms with E-state index in [9.17, 15) is 10.1 Å². The molecule has 0 aromatic heterocycles. The molecule has 0 heterocycles. The van der Waals surface area contributed by atoms with Crippen LogP contribution in [0.5, 0.6) is 0 Å². The highest BCUT2D eigenvalue weighted by Crippen LogP contribution is 2.28. The fourth-order valence-electron chi connectivity index (χ4n) is 1.31. The molecule has 2 N–H and O–H groups in total. The third kappa shape index (κ3) is 3.36. The fourth-order valence-corrected chi connectivity index (χ4v) is 1.49. The third-order valence-electron chi connectivity index (χ3n) is 2.12. The normalized spacial score (nSPS) is 12.2. The van der Waals surface area contributed by atoms with Crippen molar-refractivity contribution in [3.63, 3.8) is 0 Å². The molecule has 16 heavy (non-hydrogen) atoms. The second-order valence-electron chi connectivity index (χ2n) is 3.48. The van der Waals surface area contributed by atoms with Crippen LogP contribution in [0.15, 0.2) is 18.2 Å². The van der Waals surface area contributed by atoms with E-state index in [0.717, 1.165) is 0 Å². The molecule has 88 valence electrons. The van der Waals surface area contributed by atoms with E-state index in [-0.39, 0.29) is 18.3 Å². The van der Waals surface area contributed by atoms with E-state index in [1.165, 1.54) is 18.2 Å². The van der Waals surface area contributed by atoms with Gasteiger partial charge in [-0.2, -0.15) is 0 Å². The third-order valence-corrected chi connectivity index (χ3v) is 2.35. The zero-order valence-electron chi connectivity index (χ0n) is 8.81. The summed E-state index contributed by atoms with van der Waals surface area (Å²) in [6.45, 7) is 1.86. The first-order valence-electron chi connectivity index (χ1n) is 4.86. The van der Waals surface area contributed by atoms with E-state index in [2.05, 4.69) is 5.32 Å². The molecule has 1 unspecified atom stereocenters. The molecule has 0 aliphatic carbocycles. The number of hydrogen-bond donors (Lipinski definition) is 2. The minimum Gasteiger partial charge on any atom is -0.396 e. The second kappa shape index (κ2) is 5.67. The first-order valence-corrected chi connectivity index (χ1v) is 5.23. The van der Waals surface area contributed by atoms with Gasteiger partial charge >= 0.3 is 0 Å². The van der Waals surface area contributed by atoms with E-state index in [1.54, 1.807) is 0 Å². The van der Waals surface area contributed by atoms with Crippen LogP contribution in [0.25, 0.3) is 0 Å². The largest absolute Gasteiger partial charge is 0.396 e. The van der Waals surface area contributed by atoms with Crippen LogP contribution >= 0.6 is 11.6 Å². The summed E-state index contributed by atoms with van der Waals surface area (Å²) in [5.74, 6) is 0. The lowest BCUT2D eigenvalue weighted by Crippen LogP contribution is -2.17. The molecular formula is C10H13ClN2O3. The van der Waals surface area contributed by atoms with Crippen molar-refractivity contribution in [3.05, 3.63) is 33.3 Å². The van der Waals surface area contributed by atoms with Gasteiger partial charge in [0.1, 0.15) is 5.69 Å². The lowest BCUT2D eigenvalue weighted by molar-refractivity contribution is -0.384. The fraction of sp³-hybridized carbons (Fsp3) is 0.400. The molecule has 1 rings (SSSR count). The van der Waals surface area contributed by atoms with Crippen LogP contribution in [0.4, 0.5) is 11.4 Å². The van der Waals surface area contributed by atoms with E-state index < -0.39 is 4.92 Å². The summed E-state index contributed by atoms with van der Waals surface area (Å²) in [6.07, 6.45) is 0.518. The molecule has 1 aromatic rings. The average molecular weight is 245 g/mol. The molecule has 0 aliphatic heterocycles. The van der Waals surface area contributed by atoms with Gasteiger partial charge in [0.05, 0.1) is 4.92 Å². The van der Waals surface area contributed by atoms with E-state index in [0.29, 0.717) is 17.1 Å². The Labute approximate surface area is 98.2 Å². The van der Waals surface area contributed by atoms with Crippen LogP contribution in [0.3, 0.4) is 0 Å². The van der Waals surface area contributed by atoms with Crippen LogP contribution in [0.1, 0.15) is 13.3 Å². The number of hydrogen-bond acceptors (Lipinski definition) is 4. The highest BCUT2D eigenvalue weighted by molar-refractivity contribution is 6.31. The number of halogens is 1. The Morgan fingerprint density at radius 3 is 2.88 bits per heavy atom. The Bertz CT molecular complexity index is 384. The van der Waals surface area contributed by atoms with Crippen LogP contribution in [0.2, 0.25) is 5.02 Å². The van der Waals surface area contributed by atoms with Gasteiger partial charge in [0.25, 0.3) is 5.69 Å². The maximum absolute atomic E-state index is 10.7. The van der Waals surface area contributed by atoms with Gasteiger partial charge in [0.15, 0.2) is 0 Å². The maximum Gasteiger partial charge on any atom is 0.292 e. The summed E-state index contributed by atoms with van der Waals surface area (Å²) >= 11 is 5.77. The van der Waals surface area contributed by atoms with Crippen molar-refractivity contribution < 1.29 is 10.0 Å². The highest BCUT2D eigenvalue weighted by Gasteiger charge is 2.15. The monoisotopic (exact) mass is 244 g/mol. The molecule has 0 saturated carbocycles. The van der Waals surface area contributed by atoms with Crippen molar-refractivity contribution in [1.82, 2.24) is 0 Å². The van der Waals surface area contributed by atoms with Crippen molar-refractivity contribution >= 4 is 23.0 Å². The number of nitro groups is 1. The van der Waals surface area contributed by atoms with Gasteiger partial charge in [-0.3, -0.25) is 10.1 Å². The molecule has 0 spiro atoms. The quantitative estimate of drug-likeness (QED) is 0.616. The molecule has 0 bridgehead atoms. The zero-order chi connectivity index (χ0) is 12.1. The minimum absolute atomic E-state index is 0.0193. The molecule has 0 aliphatic rings. The summed E-state index contributed by atoms with van der Waals surface area (Å²) in [4.78, 5) is 10.3. The maximum atomic E-state index is 10.7. The SMILES string of the molecule is CC(CCO)Nc1cc(Cl)ccc1[N+](=O)[O-]. The van der Waals surface area contributed by atoms with Crippen molar-refractivity contribution in [1.29, 1.82) is 0 Å². The van der Waals surface area contributed by atoms with E-state index in [4.69, 9.17) is 16.7 Å². The number of benzene rings is 1. The first-order chi connectivity index (χ1) is 7.54. The van der Waals surface area contributed by atoms with Crippen LogP contribution in [-0.4, -0.2) is 22.7 Å². The predicted molar refractivity (Wildman–Crippen MR) is 62.9 cm³/mol. The van der Waals surface area contributed by atoms with Crippen LogP contribution < -0.4 is 5.32 Å². The van der Waals surface area contributed by atoms with Gasteiger partial charge in [-0.1, -0.05) is 11.6 Å². The Hall–Kier alpha value is -1.33. The second-order valence-corrected chi connectivity index (χ2v) is 3.91. The van der Waals surface area contributed by atoms with Gasteiger partial charge in [0, 0.05) is 23.7 Å². The molecule has 0 amide bonds. The highest BCUT2D eigenvalue weighted by atomic mass is 35.5. The van der Waals surface area contributed by atoms with E-state index >= 15 is 0 Å². The van der Waals surface area contributed by atoms with Crippen molar-refractivity contribution in [2.75, 3.05) is 11.9 Å². The lowest BCUT2D eigenvalue weighted by atomic mass is 10.2. The van der Waals surface area contributed by atoms with Crippen molar-refractivity contribution in [2.24, 2.45) is 0 Å². The van der Waals surface area contributed by atoms with Gasteiger partial charge < -0.3 is 10.4 Å². The van der Waals surface area contributed by atoms with Crippen LogP contribution in [0, 0.1) is 10.1 Å². The molecule has 0 fully saturated rings. The number of anilines is 1. The standard InChI is InChI=1S/C10H13ClN2O3/c1-7(4-5-14)12-9-6-8(11)2-3-10(9)13(15)16/h2-3,6-7,12,14H,4-5H2,1H3. The average Bonchev–Trinajstić information content (AvgIpc) is 2.17. The lowest BCUT2D eigenvalue weighted by Gasteiger charge is -2.14. The van der Waals surface area contributed by atoms with Crippen molar-refractivity contribution in [3.8, 4) is 0 Å². The first kappa shape index (κ1) is 12.7. The molecule has 1 atom stereocenters. The van der Waals surface area contributed by atoms with E-state index in [1.807, 2.05) is 6.92 Å². The molecule has 0 radical (unpaired) electrons. The van der Waals surface area contributed by atoms with Gasteiger partial charge in [0.2, 0.25) is 0 Å². The van der Waals surface area contributed by atoms with Crippen LogP contribution in [-0.2, 0) is 0 Å². The summed E-state index contributed by atoms with van der Waals surface area (Å²) in [7, 11) is 0. The minimum atomic E-state index is -0.468. The number of aliphatic hydroxyl groups excluding tert-OH is 1. The molecule has 1 aromatic carbocycles. The molecule has 5 nitrogen and oxygen atoms in total. The Morgan fingerprint density at radius 1 is 1.62 bits per heavy atom. The Balaban J connectivity index is 2.92. The smallest absolute Gasteiger partial charge is 0.292 e. The summed E-state index contributed by atoms with van der Waals surface area (Å²) in [6, 6.07) is 4.29. The number of nitrogens with one attached hydrogen (secondary N) is 1. The number of nitrogens with zero attached hydrogens (tertiary/aromatic N) is 1. The molecule has 6 heteroatoms. The molecular weight excluding hydrogens is 232 g/mol. The number of nitro benzene ring substituents is 1. The summed E-state index contributed by atoms with van der Waals surface area (Å²) < 4.78 is 0. The topological polar surface area (TPSA) is 75.4 Å². The Kier molecular flexibility index (Phi) is 4.52. The Morgan fingerprint density at radius 2 is 2.31 bits per heavy atom. The zero-order valence-corrected chi connectivity index (χ0v) is 9.57. The number of rotatable bonds is 5. The van der Waals surface area contributed by atoms with Crippen molar-refractivity contribution in [2.45, 2.75) is 19.4 Å². The van der Waals surface area contributed by atoms with Gasteiger partial charge in [-0.15, -0.1) is 0 Å². The predicted octanol–water partition coefficient (Wildman–Crippen LogP) is 2.43. The summed E-state index contributed by atoms with van der Waals surface area (Å²) in [5.41, 5.74) is 0.354. The van der Waals surface area contributed by atoms with Gasteiger partial charge in [-0.25, -0.2) is 0 Å². The van der Waals surface area contributed by atoms with Gasteiger partial charge in [-0.05, 0) is 25.5 Å².